The van der Waals surface area contributed by atoms with Gasteiger partial charge >= 0.3 is 0 Å². The topological polar surface area (TPSA) is 108 Å². The molecule has 3 atom stereocenters. The number of piperazine rings is 1. The number of piperidine rings is 1. The lowest BCUT2D eigenvalue weighted by atomic mass is 9.57. The van der Waals surface area contributed by atoms with E-state index in [1.807, 2.05) is 18.2 Å². The number of amides is 1. The molecule has 50 heavy (non-hydrogen) atoms. The van der Waals surface area contributed by atoms with Crippen molar-refractivity contribution in [3.05, 3.63) is 107 Å². The molecule has 258 valence electrons. The van der Waals surface area contributed by atoms with Gasteiger partial charge in [0.1, 0.15) is 29.6 Å². The van der Waals surface area contributed by atoms with Crippen molar-refractivity contribution in [3.63, 3.8) is 0 Å². The number of nitrogens with two attached hydrogens (primary N) is 1. The molecule has 2 aliphatic carbocycles. The van der Waals surface area contributed by atoms with Gasteiger partial charge in [-0.05, 0) is 108 Å². The predicted molar refractivity (Wildman–Crippen MR) is 194 cm³/mol. The minimum Gasteiger partial charge on any atom is -0.508 e. The zero-order valence-corrected chi connectivity index (χ0v) is 28.6. The van der Waals surface area contributed by atoms with Gasteiger partial charge in [0, 0.05) is 51.4 Å². The Kier molecular flexibility index (Phi) is 7.91. The Morgan fingerprint density at radius 2 is 1.80 bits per heavy atom. The predicted octanol–water partition coefficient (Wildman–Crippen LogP) is 5.72. The number of aromatic hydroxyl groups is 1. The number of hydrogen-bond donors (Lipinski definition) is 2. The molecule has 1 saturated carbocycles. The summed E-state index contributed by atoms with van der Waals surface area (Å²) in [6.45, 7) is 6.87. The summed E-state index contributed by atoms with van der Waals surface area (Å²) < 4.78 is 5.99. The smallest absolute Gasteiger partial charge is 0.267 e. The Morgan fingerprint density at radius 1 is 0.960 bits per heavy atom. The van der Waals surface area contributed by atoms with E-state index in [2.05, 4.69) is 74.4 Å². The van der Waals surface area contributed by atoms with Crippen LogP contribution in [0, 0.1) is 11.3 Å². The van der Waals surface area contributed by atoms with Crippen LogP contribution in [-0.4, -0.2) is 77.8 Å². The number of ether oxygens (including phenoxy) is 1. The lowest BCUT2D eigenvalue weighted by Crippen LogP contribution is -2.59. The highest BCUT2D eigenvalue weighted by atomic mass is 16.5. The van der Waals surface area contributed by atoms with Crippen LogP contribution in [0.3, 0.4) is 0 Å². The molecule has 3 fully saturated rings. The van der Waals surface area contributed by atoms with Crippen molar-refractivity contribution in [2.75, 3.05) is 55.7 Å². The van der Waals surface area contributed by atoms with Gasteiger partial charge in [-0.15, -0.1) is 0 Å². The molecule has 0 radical (unpaired) electrons. The van der Waals surface area contributed by atoms with Crippen molar-refractivity contribution in [1.29, 1.82) is 0 Å². The van der Waals surface area contributed by atoms with Crippen LogP contribution in [0.1, 0.15) is 76.7 Å². The molecule has 3 aliphatic heterocycles. The Morgan fingerprint density at radius 3 is 2.58 bits per heavy atom. The quantitative estimate of drug-likeness (QED) is 0.268. The number of phenols is 1. The average molecular weight is 671 g/mol. The molecule has 2 aromatic heterocycles. The minimum absolute atomic E-state index is 0.220. The molecule has 1 amide bonds. The molecule has 5 aliphatic rings. The number of primary amides is 1. The molecule has 9 rings (SSSR count). The Bertz CT molecular complexity index is 1870. The van der Waals surface area contributed by atoms with Crippen molar-refractivity contribution in [3.8, 4) is 11.6 Å². The highest BCUT2D eigenvalue weighted by Gasteiger charge is 2.47. The lowest BCUT2D eigenvalue weighted by Gasteiger charge is -2.54. The zero-order valence-electron chi connectivity index (χ0n) is 28.6. The maximum atomic E-state index is 11.6. The highest BCUT2D eigenvalue weighted by Crippen LogP contribution is 2.53. The van der Waals surface area contributed by atoms with Crippen molar-refractivity contribution in [2.45, 2.75) is 56.4 Å². The molecular weight excluding hydrogens is 624 g/mol. The standard InChI is InChI=1S/C41H46N6O3/c42-39(49)35-11-12-36-40(44-35)50-26-31-25-45(18-19-47(31)36)24-27-21-41(22-27)14-16-46(17-15-41)37-13-7-30(23-43-37)38-33(28-4-2-1-3-5-28)9-6-29-20-32(48)8-10-34(29)38/h1-5,7-8,10-13,20,23,27,31,33,38,48H,6,9,14-19,21-22,24-26H2,(H2,42,49). The number of anilines is 2. The van der Waals surface area contributed by atoms with Gasteiger partial charge in [0.2, 0.25) is 5.88 Å². The second-order valence-electron chi connectivity index (χ2n) is 15.4. The third kappa shape index (κ3) is 5.75. The summed E-state index contributed by atoms with van der Waals surface area (Å²) in [4.78, 5) is 28.5. The van der Waals surface area contributed by atoms with Gasteiger partial charge in [0.15, 0.2) is 0 Å². The van der Waals surface area contributed by atoms with E-state index in [0.29, 0.717) is 35.6 Å². The largest absolute Gasteiger partial charge is 0.508 e. The number of fused-ring (bicyclic) bond motifs is 4. The molecular formula is C41H46N6O3. The van der Waals surface area contributed by atoms with E-state index >= 15 is 0 Å². The fraction of sp³-hybridized carbons (Fsp3) is 0.439. The lowest BCUT2D eigenvalue weighted by molar-refractivity contribution is 0.00284. The number of aromatic nitrogens is 2. The number of carbonyl (C=O) groups is 1. The Balaban J connectivity index is 0.800. The average Bonchev–Trinajstić information content (AvgIpc) is 3.14. The molecule has 3 N–H and O–H groups in total. The van der Waals surface area contributed by atoms with Crippen LogP contribution < -0.4 is 20.3 Å². The number of carbonyl (C=O) groups excluding carboxylic acids is 1. The monoisotopic (exact) mass is 670 g/mol. The molecule has 5 heterocycles. The first kappa shape index (κ1) is 31.4. The van der Waals surface area contributed by atoms with Crippen LogP contribution in [-0.2, 0) is 6.42 Å². The van der Waals surface area contributed by atoms with E-state index in [0.717, 1.165) is 63.0 Å². The van der Waals surface area contributed by atoms with Gasteiger partial charge in [0.05, 0.1) is 6.04 Å². The van der Waals surface area contributed by atoms with Crippen LogP contribution in [0.15, 0.2) is 79.0 Å². The van der Waals surface area contributed by atoms with E-state index in [-0.39, 0.29) is 11.6 Å². The Labute approximate surface area is 294 Å². The van der Waals surface area contributed by atoms with Gasteiger partial charge in [0.25, 0.3) is 5.91 Å². The fourth-order valence-corrected chi connectivity index (χ4v) is 9.94. The first-order valence-corrected chi connectivity index (χ1v) is 18.4. The molecule has 2 saturated heterocycles. The number of rotatable bonds is 6. The van der Waals surface area contributed by atoms with Crippen molar-refractivity contribution >= 4 is 17.4 Å². The second-order valence-corrected chi connectivity index (χ2v) is 15.4. The fourth-order valence-electron chi connectivity index (χ4n) is 9.94. The summed E-state index contributed by atoms with van der Waals surface area (Å²) in [6, 6.07) is 25.3. The van der Waals surface area contributed by atoms with Crippen molar-refractivity contribution in [1.82, 2.24) is 14.9 Å². The molecule has 4 aromatic rings. The van der Waals surface area contributed by atoms with Crippen molar-refractivity contribution in [2.24, 2.45) is 17.1 Å². The normalized spacial score (nSPS) is 24.4. The van der Waals surface area contributed by atoms with Crippen LogP contribution in [0.2, 0.25) is 0 Å². The summed E-state index contributed by atoms with van der Waals surface area (Å²) >= 11 is 0. The van der Waals surface area contributed by atoms with Gasteiger partial charge in [-0.25, -0.2) is 9.97 Å². The third-order valence-corrected chi connectivity index (χ3v) is 12.4. The molecule has 2 aromatic carbocycles. The zero-order chi connectivity index (χ0) is 33.8. The van der Waals surface area contributed by atoms with Gasteiger partial charge in [-0.2, -0.15) is 0 Å². The van der Waals surface area contributed by atoms with E-state index in [9.17, 15) is 9.90 Å². The molecule has 1 spiro atoms. The van der Waals surface area contributed by atoms with Gasteiger partial charge in [-0.1, -0.05) is 42.5 Å². The summed E-state index contributed by atoms with van der Waals surface area (Å²) in [5, 5.41) is 10.2. The summed E-state index contributed by atoms with van der Waals surface area (Å²) in [6.07, 6.45) is 9.28. The molecule has 9 nitrogen and oxygen atoms in total. The van der Waals surface area contributed by atoms with E-state index in [1.54, 1.807) is 6.07 Å². The van der Waals surface area contributed by atoms with E-state index in [4.69, 9.17) is 15.5 Å². The molecule has 9 heteroatoms. The Hall–Kier alpha value is -4.63. The highest BCUT2D eigenvalue weighted by molar-refractivity contribution is 5.91. The van der Waals surface area contributed by atoms with Crippen LogP contribution in [0.5, 0.6) is 11.6 Å². The minimum atomic E-state index is -0.527. The summed E-state index contributed by atoms with van der Waals surface area (Å²) in [5.41, 5.74) is 12.3. The number of nitrogens with zero attached hydrogens (tertiary/aromatic N) is 5. The van der Waals surface area contributed by atoms with E-state index in [1.165, 1.54) is 54.5 Å². The van der Waals surface area contributed by atoms with Crippen molar-refractivity contribution < 1.29 is 14.6 Å². The second kappa shape index (κ2) is 12.6. The molecule has 0 bridgehead atoms. The van der Waals surface area contributed by atoms with Crippen LogP contribution in [0.4, 0.5) is 11.5 Å². The first-order valence-electron chi connectivity index (χ1n) is 18.4. The van der Waals surface area contributed by atoms with Gasteiger partial charge in [-0.3, -0.25) is 9.69 Å². The number of benzene rings is 2. The SMILES string of the molecule is NC(=O)c1ccc2c(n1)OCC1CN(CC3CC4(CCN(c5ccc(C6c7ccc(O)cc7CCC6c6ccccc6)cn5)CC4)C3)CCN21. The maximum Gasteiger partial charge on any atom is 0.267 e. The summed E-state index contributed by atoms with van der Waals surface area (Å²) in [7, 11) is 0. The number of pyridine rings is 2. The summed E-state index contributed by atoms with van der Waals surface area (Å²) in [5.74, 6) is 2.80. The third-order valence-electron chi connectivity index (χ3n) is 12.4. The first-order chi connectivity index (χ1) is 24.4. The number of hydrogen-bond acceptors (Lipinski definition) is 8. The van der Waals surface area contributed by atoms with Gasteiger partial charge < -0.3 is 25.4 Å². The number of aryl methyl sites for hydroxylation is 1. The molecule has 3 unspecified atom stereocenters. The number of phenolic OH excluding ortho intramolecular Hbond substituents is 1. The van der Waals surface area contributed by atoms with Crippen LogP contribution >= 0.6 is 0 Å². The van der Waals surface area contributed by atoms with Crippen LogP contribution in [0.25, 0.3) is 0 Å². The maximum absolute atomic E-state index is 11.6. The van der Waals surface area contributed by atoms with E-state index < -0.39 is 5.91 Å².